The highest BCUT2D eigenvalue weighted by Gasteiger charge is 2.23. The Balaban J connectivity index is 2.41. The Morgan fingerprint density at radius 2 is 1.71 bits per heavy atom. The molecule has 0 aliphatic heterocycles. The number of halogens is 1. The molecule has 2 aromatic carbocycles. The van der Waals surface area contributed by atoms with Crippen LogP contribution in [0.1, 0.15) is 5.56 Å². The van der Waals surface area contributed by atoms with Gasteiger partial charge in [0.1, 0.15) is 9.88 Å². The zero-order chi connectivity index (χ0) is 15.6. The molecule has 4 nitrogen and oxygen atoms in total. The second-order valence-electron chi connectivity index (χ2n) is 4.31. The molecule has 0 aromatic heterocycles. The zero-order valence-electron chi connectivity index (χ0n) is 11.2. The lowest BCUT2D eigenvalue weighted by Gasteiger charge is -2.20. The quantitative estimate of drug-likeness (QED) is 0.823. The van der Waals surface area contributed by atoms with E-state index in [4.69, 9.17) is 18.0 Å². The number of nitrogens with zero attached hydrogens (tertiary/aromatic N) is 1. The number of nitrogens with two attached hydrogens (primary N) is 1. The van der Waals surface area contributed by atoms with Gasteiger partial charge in [-0.2, -0.15) is 0 Å². The molecule has 2 N–H and O–H groups in total. The Morgan fingerprint density at radius 3 is 2.24 bits per heavy atom. The summed E-state index contributed by atoms with van der Waals surface area (Å²) in [6, 6.07) is 13.4. The van der Waals surface area contributed by atoms with Crippen LogP contribution in [0.25, 0.3) is 0 Å². The summed E-state index contributed by atoms with van der Waals surface area (Å²) in [5.74, 6) is 0. The minimum Gasteiger partial charge on any atom is -0.389 e. The van der Waals surface area contributed by atoms with Crippen molar-refractivity contribution in [2.75, 3.05) is 11.4 Å². The van der Waals surface area contributed by atoms with Crippen molar-refractivity contribution < 1.29 is 8.42 Å². The predicted octanol–water partition coefficient (Wildman–Crippen LogP) is 2.91. The molecule has 0 aliphatic carbocycles. The maximum atomic E-state index is 12.6. The molecule has 0 heterocycles. The molecule has 2 aromatic rings. The zero-order valence-corrected chi connectivity index (χ0v) is 14.4. The van der Waals surface area contributed by atoms with Crippen LogP contribution in [-0.2, 0) is 10.0 Å². The summed E-state index contributed by atoms with van der Waals surface area (Å²) in [5, 5.41) is 0. The molecule has 0 fully saturated rings. The van der Waals surface area contributed by atoms with E-state index in [9.17, 15) is 8.42 Å². The Labute approximate surface area is 137 Å². The molecular weight excluding hydrogens is 372 g/mol. The van der Waals surface area contributed by atoms with E-state index in [2.05, 4.69) is 15.9 Å². The van der Waals surface area contributed by atoms with E-state index in [1.54, 1.807) is 48.5 Å². The van der Waals surface area contributed by atoms with Gasteiger partial charge in [0.15, 0.2) is 0 Å². The lowest BCUT2D eigenvalue weighted by atomic mass is 10.2. The SMILES string of the molecule is CN(c1ccc(C(N)=S)cc1)S(=O)(=O)c1ccccc1Br. The highest BCUT2D eigenvalue weighted by Crippen LogP contribution is 2.27. The van der Waals surface area contributed by atoms with Gasteiger partial charge in [-0.15, -0.1) is 0 Å². The summed E-state index contributed by atoms with van der Waals surface area (Å²) in [4.78, 5) is 0.490. The van der Waals surface area contributed by atoms with Crippen molar-refractivity contribution >= 4 is 48.8 Å². The normalized spacial score (nSPS) is 11.1. The third-order valence-electron chi connectivity index (χ3n) is 2.99. The second-order valence-corrected chi connectivity index (χ2v) is 7.55. The lowest BCUT2D eigenvalue weighted by Crippen LogP contribution is -2.26. The van der Waals surface area contributed by atoms with Gasteiger partial charge in [-0.05, 0) is 52.3 Å². The highest BCUT2D eigenvalue weighted by molar-refractivity contribution is 9.10. The van der Waals surface area contributed by atoms with Gasteiger partial charge in [0.2, 0.25) is 0 Å². The first-order valence-corrected chi connectivity index (χ1v) is 8.61. The summed E-state index contributed by atoms with van der Waals surface area (Å²) in [6.45, 7) is 0. The van der Waals surface area contributed by atoms with E-state index in [1.165, 1.54) is 11.4 Å². The van der Waals surface area contributed by atoms with Crippen LogP contribution >= 0.6 is 28.1 Å². The molecule has 0 saturated carbocycles. The number of benzene rings is 2. The number of thiocarbonyl (C=S) groups is 1. The van der Waals surface area contributed by atoms with Gasteiger partial charge in [0.05, 0.1) is 5.69 Å². The first kappa shape index (κ1) is 15.9. The van der Waals surface area contributed by atoms with E-state index >= 15 is 0 Å². The van der Waals surface area contributed by atoms with E-state index in [0.717, 1.165) is 0 Å². The second kappa shape index (κ2) is 6.13. The average Bonchev–Trinajstić information content (AvgIpc) is 2.46. The van der Waals surface area contributed by atoms with Gasteiger partial charge in [-0.3, -0.25) is 4.31 Å². The largest absolute Gasteiger partial charge is 0.389 e. The smallest absolute Gasteiger partial charge is 0.265 e. The monoisotopic (exact) mass is 384 g/mol. The molecule has 0 saturated heterocycles. The Kier molecular flexibility index (Phi) is 4.65. The maximum absolute atomic E-state index is 12.6. The summed E-state index contributed by atoms with van der Waals surface area (Å²) in [6.07, 6.45) is 0. The summed E-state index contributed by atoms with van der Waals surface area (Å²) in [5.41, 5.74) is 6.76. The highest BCUT2D eigenvalue weighted by atomic mass is 79.9. The molecule has 0 aliphatic rings. The van der Waals surface area contributed by atoms with Crippen molar-refractivity contribution in [3.63, 3.8) is 0 Å². The Morgan fingerprint density at radius 1 is 1.14 bits per heavy atom. The molecule has 0 spiro atoms. The number of hydrogen-bond donors (Lipinski definition) is 1. The predicted molar refractivity (Wildman–Crippen MR) is 92.1 cm³/mol. The van der Waals surface area contributed by atoms with Gasteiger partial charge in [-0.25, -0.2) is 8.42 Å². The first-order valence-electron chi connectivity index (χ1n) is 5.97. The van der Waals surface area contributed by atoms with Gasteiger partial charge < -0.3 is 5.73 Å². The van der Waals surface area contributed by atoms with Crippen molar-refractivity contribution in [3.8, 4) is 0 Å². The van der Waals surface area contributed by atoms with Gasteiger partial charge >= 0.3 is 0 Å². The fraction of sp³-hybridized carbons (Fsp3) is 0.0714. The third-order valence-corrected chi connectivity index (χ3v) is 6.02. The van der Waals surface area contributed by atoms with E-state index < -0.39 is 10.0 Å². The molecule has 0 unspecified atom stereocenters. The van der Waals surface area contributed by atoms with E-state index in [-0.39, 0.29) is 9.88 Å². The molecule has 0 amide bonds. The van der Waals surface area contributed by atoms with Crippen LogP contribution in [0.2, 0.25) is 0 Å². The molecular formula is C14H13BrN2O2S2. The topological polar surface area (TPSA) is 63.4 Å². The molecule has 7 heteroatoms. The third kappa shape index (κ3) is 3.25. The molecule has 0 radical (unpaired) electrons. The minimum absolute atomic E-state index is 0.214. The number of rotatable bonds is 4. The first-order chi connectivity index (χ1) is 9.84. The fourth-order valence-electron chi connectivity index (χ4n) is 1.78. The van der Waals surface area contributed by atoms with Gasteiger partial charge in [0, 0.05) is 17.1 Å². The van der Waals surface area contributed by atoms with E-state index in [1.807, 2.05) is 0 Å². The van der Waals surface area contributed by atoms with Crippen LogP contribution in [0.4, 0.5) is 5.69 Å². The molecule has 0 bridgehead atoms. The maximum Gasteiger partial charge on any atom is 0.265 e. The van der Waals surface area contributed by atoms with Crippen molar-refractivity contribution in [2.24, 2.45) is 5.73 Å². The van der Waals surface area contributed by atoms with E-state index in [0.29, 0.717) is 15.7 Å². The molecule has 21 heavy (non-hydrogen) atoms. The molecule has 110 valence electrons. The number of sulfonamides is 1. The van der Waals surface area contributed by atoms with Crippen molar-refractivity contribution in [1.82, 2.24) is 0 Å². The van der Waals surface area contributed by atoms with Crippen LogP contribution in [-0.4, -0.2) is 20.5 Å². The lowest BCUT2D eigenvalue weighted by molar-refractivity contribution is 0.594. The van der Waals surface area contributed by atoms with Gasteiger partial charge in [-0.1, -0.05) is 24.4 Å². The minimum atomic E-state index is -3.63. The summed E-state index contributed by atoms with van der Waals surface area (Å²) in [7, 11) is -2.13. The number of hydrogen-bond acceptors (Lipinski definition) is 3. The average molecular weight is 385 g/mol. The van der Waals surface area contributed by atoms with Crippen molar-refractivity contribution in [3.05, 3.63) is 58.6 Å². The fourth-order valence-corrected chi connectivity index (χ4v) is 4.07. The van der Waals surface area contributed by atoms with Crippen molar-refractivity contribution in [1.29, 1.82) is 0 Å². The Hall–Kier alpha value is -1.44. The van der Waals surface area contributed by atoms with Crippen LogP contribution in [0.5, 0.6) is 0 Å². The summed E-state index contributed by atoms with van der Waals surface area (Å²) >= 11 is 8.14. The van der Waals surface area contributed by atoms with Crippen LogP contribution in [0.3, 0.4) is 0 Å². The van der Waals surface area contributed by atoms with Crippen molar-refractivity contribution in [2.45, 2.75) is 4.90 Å². The molecule has 0 atom stereocenters. The molecule has 2 rings (SSSR count). The standard InChI is InChI=1S/C14H13BrN2O2S2/c1-17(11-8-6-10(7-9-11)14(16)20)21(18,19)13-5-3-2-4-12(13)15/h2-9H,1H3,(H2,16,20). The number of anilines is 1. The van der Waals surface area contributed by atoms with Crippen LogP contribution in [0.15, 0.2) is 57.9 Å². The van der Waals surface area contributed by atoms with Gasteiger partial charge in [0.25, 0.3) is 10.0 Å². The Bertz CT molecular complexity index is 774. The van der Waals surface area contributed by atoms with Crippen LogP contribution < -0.4 is 10.0 Å². The summed E-state index contributed by atoms with van der Waals surface area (Å²) < 4.78 is 27.0. The van der Waals surface area contributed by atoms with Crippen LogP contribution in [0, 0.1) is 0 Å².